The lowest BCUT2D eigenvalue weighted by Gasteiger charge is -2.15. The lowest BCUT2D eigenvalue weighted by molar-refractivity contribution is -0.144. The Balaban J connectivity index is 1.93. The SMILES string of the molecule is Cc1nn(C)c(Oc2cc(O[C@@H](C)C(=O)O)c(Cl)cc2Cl)c1/C=C/c1ccc(C#N)cc1. The fourth-order valence-corrected chi connectivity index (χ4v) is 3.30. The molecule has 7 nitrogen and oxygen atoms in total. The number of rotatable bonds is 7. The largest absolute Gasteiger partial charge is 0.479 e. The van der Waals surface area contributed by atoms with E-state index in [0.29, 0.717) is 11.4 Å². The van der Waals surface area contributed by atoms with Gasteiger partial charge in [-0.3, -0.25) is 0 Å². The lowest BCUT2D eigenvalue weighted by Crippen LogP contribution is -2.23. The molecule has 32 heavy (non-hydrogen) atoms. The highest BCUT2D eigenvalue weighted by Gasteiger charge is 2.19. The van der Waals surface area contributed by atoms with E-state index in [1.807, 2.05) is 31.2 Å². The monoisotopic (exact) mass is 471 g/mol. The fraction of sp³-hybridized carbons (Fsp3) is 0.174. The molecule has 9 heteroatoms. The standard InChI is InChI=1S/C23H19Cl2N3O4/c1-13-17(9-8-15-4-6-16(12-26)7-5-15)22(28(3)27-13)32-21-11-20(18(24)10-19(21)25)31-14(2)23(29)30/h4-11,14H,1-3H3,(H,29,30)/b9-8+/t14-/m0/s1. The second kappa shape index (κ2) is 9.77. The van der Waals surface area contributed by atoms with Crippen molar-refractivity contribution in [2.45, 2.75) is 20.0 Å². The van der Waals surface area contributed by atoms with Crippen LogP contribution < -0.4 is 9.47 Å². The second-order valence-corrected chi connectivity index (χ2v) is 7.72. The number of carboxylic acid groups (broad SMARTS) is 1. The van der Waals surface area contributed by atoms with Crippen LogP contribution in [0.25, 0.3) is 12.2 Å². The van der Waals surface area contributed by atoms with E-state index in [9.17, 15) is 4.79 Å². The van der Waals surface area contributed by atoms with E-state index in [2.05, 4.69) is 11.2 Å². The van der Waals surface area contributed by atoms with Crippen LogP contribution in [0, 0.1) is 18.3 Å². The fourth-order valence-electron chi connectivity index (χ4n) is 2.84. The van der Waals surface area contributed by atoms with Crippen molar-refractivity contribution >= 4 is 41.3 Å². The molecule has 1 N–H and O–H groups in total. The minimum atomic E-state index is -1.13. The number of hydrogen-bond acceptors (Lipinski definition) is 5. The van der Waals surface area contributed by atoms with E-state index in [1.165, 1.54) is 19.1 Å². The summed E-state index contributed by atoms with van der Waals surface area (Å²) in [6.07, 6.45) is 2.63. The van der Waals surface area contributed by atoms with Gasteiger partial charge in [0.25, 0.3) is 0 Å². The average Bonchev–Trinajstić information content (AvgIpc) is 3.02. The predicted octanol–water partition coefficient (Wildman–Crippen LogP) is 5.72. The van der Waals surface area contributed by atoms with Crippen molar-refractivity contribution in [1.29, 1.82) is 5.26 Å². The molecule has 1 atom stereocenters. The van der Waals surface area contributed by atoms with E-state index in [0.717, 1.165) is 16.8 Å². The highest BCUT2D eigenvalue weighted by molar-refractivity contribution is 6.36. The first-order valence-electron chi connectivity index (χ1n) is 9.47. The third-order valence-corrected chi connectivity index (χ3v) is 5.13. The van der Waals surface area contributed by atoms with Crippen LogP contribution in [0.15, 0.2) is 36.4 Å². The zero-order chi connectivity index (χ0) is 23.4. The smallest absolute Gasteiger partial charge is 0.344 e. The Bertz CT molecular complexity index is 1230. The highest BCUT2D eigenvalue weighted by atomic mass is 35.5. The van der Waals surface area contributed by atoms with Crippen LogP contribution in [-0.4, -0.2) is 27.0 Å². The number of aliphatic carboxylic acids is 1. The van der Waals surface area contributed by atoms with Crippen molar-refractivity contribution in [1.82, 2.24) is 9.78 Å². The highest BCUT2D eigenvalue weighted by Crippen LogP contribution is 2.39. The van der Waals surface area contributed by atoms with Crippen LogP contribution in [0.1, 0.15) is 29.3 Å². The molecule has 0 saturated heterocycles. The first kappa shape index (κ1) is 23.2. The van der Waals surface area contributed by atoms with Crippen molar-refractivity contribution in [3.8, 4) is 23.4 Å². The van der Waals surface area contributed by atoms with Crippen molar-refractivity contribution in [3.63, 3.8) is 0 Å². The zero-order valence-electron chi connectivity index (χ0n) is 17.5. The van der Waals surface area contributed by atoms with E-state index in [4.69, 9.17) is 43.0 Å². The van der Waals surface area contributed by atoms with E-state index in [1.54, 1.807) is 23.9 Å². The molecule has 0 aliphatic rings. The Kier molecular flexibility index (Phi) is 7.08. The average molecular weight is 472 g/mol. The number of nitriles is 1. The molecule has 0 fully saturated rings. The summed E-state index contributed by atoms with van der Waals surface area (Å²) >= 11 is 12.5. The zero-order valence-corrected chi connectivity index (χ0v) is 19.0. The topological polar surface area (TPSA) is 97.4 Å². The van der Waals surface area contributed by atoms with Crippen LogP contribution in [0.5, 0.6) is 17.4 Å². The summed E-state index contributed by atoms with van der Waals surface area (Å²) in [5.41, 5.74) is 2.94. The number of carboxylic acids is 1. The number of hydrogen-bond donors (Lipinski definition) is 1. The van der Waals surface area contributed by atoms with Crippen LogP contribution in [0.4, 0.5) is 0 Å². The summed E-state index contributed by atoms with van der Waals surface area (Å²) in [5.74, 6) is -0.334. The first-order valence-corrected chi connectivity index (χ1v) is 10.2. The molecule has 0 saturated carbocycles. The van der Waals surface area contributed by atoms with Gasteiger partial charge in [-0.05, 0) is 43.7 Å². The quantitative estimate of drug-likeness (QED) is 0.472. The predicted molar refractivity (Wildman–Crippen MR) is 122 cm³/mol. The Morgan fingerprint density at radius 1 is 1.19 bits per heavy atom. The van der Waals surface area contributed by atoms with Crippen molar-refractivity contribution in [2.75, 3.05) is 0 Å². The molecule has 1 aromatic heterocycles. The molecule has 0 aliphatic heterocycles. The molecular formula is C23H19Cl2N3O4. The maximum absolute atomic E-state index is 11.1. The Morgan fingerprint density at radius 2 is 1.84 bits per heavy atom. The Morgan fingerprint density at radius 3 is 2.47 bits per heavy atom. The molecule has 0 unspecified atom stereocenters. The van der Waals surface area contributed by atoms with E-state index < -0.39 is 12.1 Å². The number of ether oxygens (including phenoxy) is 2. The molecule has 1 heterocycles. The Labute approximate surface area is 195 Å². The summed E-state index contributed by atoms with van der Waals surface area (Å²) in [7, 11) is 1.73. The second-order valence-electron chi connectivity index (χ2n) is 6.91. The summed E-state index contributed by atoms with van der Waals surface area (Å²) in [4.78, 5) is 11.1. The van der Waals surface area contributed by atoms with Crippen molar-refractivity contribution < 1.29 is 19.4 Å². The molecule has 0 aliphatic carbocycles. The van der Waals surface area contributed by atoms with Gasteiger partial charge in [0, 0.05) is 13.1 Å². The number of halogens is 2. The third-order valence-electron chi connectivity index (χ3n) is 4.54. The number of nitrogens with zero attached hydrogens (tertiary/aromatic N) is 3. The minimum Gasteiger partial charge on any atom is -0.479 e. The molecule has 3 aromatic rings. The molecule has 3 rings (SSSR count). The normalized spacial score (nSPS) is 11.9. The number of aryl methyl sites for hydroxylation is 2. The molecule has 0 amide bonds. The molecule has 0 bridgehead atoms. The van der Waals surface area contributed by atoms with Gasteiger partial charge in [-0.2, -0.15) is 10.4 Å². The maximum atomic E-state index is 11.1. The van der Waals surface area contributed by atoms with Gasteiger partial charge >= 0.3 is 5.97 Å². The van der Waals surface area contributed by atoms with Gasteiger partial charge < -0.3 is 14.6 Å². The first-order chi connectivity index (χ1) is 15.2. The summed E-state index contributed by atoms with van der Waals surface area (Å²) in [6, 6.07) is 12.1. The van der Waals surface area contributed by atoms with Gasteiger partial charge in [0.05, 0.1) is 32.9 Å². The van der Waals surface area contributed by atoms with Crippen LogP contribution in [0.2, 0.25) is 10.0 Å². The molecule has 164 valence electrons. The molecule has 2 aromatic carbocycles. The van der Waals surface area contributed by atoms with Crippen LogP contribution in [0.3, 0.4) is 0 Å². The Hall–Kier alpha value is -3.47. The van der Waals surface area contributed by atoms with Gasteiger partial charge in [-0.15, -0.1) is 0 Å². The number of carbonyl (C=O) groups is 1. The minimum absolute atomic E-state index is 0.134. The molecule has 0 spiro atoms. The van der Waals surface area contributed by atoms with Gasteiger partial charge in [-0.1, -0.05) is 41.4 Å². The van der Waals surface area contributed by atoms with Crippen molar-refractivity contribution in [3.05, 3.63) is 68.8 Å². The molecule has 0 radical (unpaired) electrons. The van der Waals surface area contributed by atoms with Crippen LogP contribution in [-0.2, 0) is 11.8 Å². The van der Waals surface area contributed by atoms with E-state index >= 15 is 0 Å². The molecular weight excluding hydrogens is 453 g/mol. The third kappa shape index (κ3) is 5.22. The summed E-state index contributed by atoms with van der Waals surface area (Å²) < 4.78 is 13.0. The lowest BCUT2D eigenvalue weighted by atomic mass is 10.1. The van der Waals surface area contributed by atoms with Gasteiger partial charge in [-0.25, -0.2) is 9.48 Å². The van der Waals surface area contributed by atoms with Crippen LogP contribution >= 0.6 is 23.2 Å². The van der Waals surface area contributed by atoms with Gasteiger partial charge in [0.2, 0.25) is 5.88 Å². The summed E-state index contributed by atoms with van der Waals surface area (Å²) in [6.45, 7) is 3.24. The summed E-state index contributed by atoms with van der Waals surface area (Å²) in [5, 5.41) is 22.8. The van der Waals surface area contributed by atoms with Gasteiger partial charge in [0.15, 0.2) is 11.9 Å². The van der Waals surface area contributed by atoms with E-state index in [-0.39, 0.29) is 21.5 Å². The van der Waals surface area contributed by atoms with Gasteiger partial charge in [0.1, 0.15) is 5.75 Å². The number of benzene rings is 2. The number of aromatic nitrogens is 2. The maximum Gasteiger partial charge on any atom is 0.344 e. The van der Waals surface area contributed by atoms with Crippen molar-refractivity contribution in [2.24, 2.45) is 7.05 Å².